The summed E-state index contributed by atoms with van der Waals surface area (Å²) in [5.74, 6) is 0.888. The highest BCUT2D eigenvalue weighted by atomic mass is 16.3. The number of anilines is 1. The van der Waals surface area contributed by atoms with Crippen LogP contribution in [0.3, 0.4) is 0 Å². The molecular formula is C19H18N4O2. The minimum atomic E-state index is -0.0554. The summed E-state index contributed by atoms with van der Waals surface area (Å²) in [5, 5.41) is 9.54. The number of piperazine rings is 1. The van der Waals surface area contributed by atoms with Gasteiger partial charge in [0.15, 0.2) is 0 Å². The molecule has 0 unspecified atom stereocenters. The van der Waals surface area contributed by atoms with Crippen LogP contribution in [0.4, 0.5) is 5.82 Å². The van der Waals surface area contributed by atoms with Gasteiger partial charge in [0.05, 0.1) is 17.2 Å². The van der Waals surface area contributed by atoms with Crippen LogP contribution in [0.5, 0.6) is 5.75 Å². The van der Waals surface area contributed by atoms with Gasteiger partial charge in [-0.05, 0) is 30.3 Å². The summed E-state index contributed by atoms with van der Waals surface area (Å²) in [6, 6.07) is 14.3. The predicted molar refractivity (Wildman–Crippen MR) is 95.8 cm³/mol. The van der Waals surface area contributed by atoms with E-state index < -0.39 is 0 Å². The van der Waals surface area contributed by atoms with Gasteiger partial charge in [0.25, 0.3) is 5.91 Å². The Morgan fingerprint density at radius 1 is 0.960 bits per heavy atom. The first-order chi connectivity index (χ1) is 12.2. The number of hydrogen-bond acceptors (Lipinski definition) is 5. The highest BCUT2D eigenvalue weighted by Crippen LogP contribution is 2.19. The smallest absolute Gasteiger partial charge is 0.254 e. The molecule has 0 saturated carbocycles. The van der Waals surface area contributed by atoms with Crippen molar-refractivity contribution in [2.24, 2.45) is 0 Å². The second-order valence-corrected chi connectivity index (χ2v) is 6.05. The Hall–Kier alpha value is -3.15. The molecule has 1 aliphatic heterocycles. The lowest BCUT2D eigenvalue weighted by Crippen LogP contribution is -2.49. The first-order valence-corrected chi connectivity index (χ1v) is 8.26. The van der Waals surface area contributed by atoms with Gasteiger partial charge in [-0.1, -0.05) is 18.2 Å². The predicted octanol–water partition coefficient (Wildman–Crippen LogP) is 2.30. The van der Waals surface area contributed by atoms with Crippen molar-refractivity contribution in [3.8, 4) is 5.75 Å². The molecular weight excluding hydrogens is 316 g/mol. The van der Waals surface area contributed by atoms with Crippen LogP contribution in [-0.4, -0.2) is 52.1 Å². The number of fused-ring (bicyclic) bond motifs is 1. The van der Waals surface area contributed by atoms with E-state index in [1.54, 1.807) is 29.3 Å². The maximum atomic E-state index is 12.5. The summed E-state index contributed by atoms with van der Waals surface area (Å²) in [6.45, 7) is 2.64. The zero-order valence-electron chi connectivity index (χ0n) is 13.7. The number of carbonyl (C=O) groups is 1. The number of para-hydroxylation sites is 2. The van der Waals surface area contributed by atoms with Gasteiger partial charge < -0.3 is 14.9 Å². The molecule has 1 N–H and O–H groups in total. The maximum Gasteiger partial charge on any atom is 0.254 e. The van der Waals surface area contributed by atoms with Gasteiger partial charge in [0.1, 0.15) is 11.6 Å². The molecule has 4 rings (SSSR count). The van der Waals surface area contributed by atoms with Gasteiger partial charge in [0, 0.05) is 31.7 Å². The van der Waals surface area contributed by atoms with E-state index in [1.165, 1.54) is 6.07 Å². The van der Waals surface area contributed by atoms with Crippen LogP contribution in [0, 0.1) is 0 Å². The number of carbonyl (C=O) groups excluding carboxylic acids is 1. The number of rotatable bonds is 2. The summed E-state index contributed by atoms with van der Waals surface area (Å²) in [7, 11) is 0. The van der Waals surface area contributed by atoms with Gasteiger partial charge in [-0.15, -0.1) is 0 Å². The van der Waals surface area contributed by atoms with Crippen molar-refractivity contribution < 1.29 is 9.90 Å². The Bertz CT molecular complexity index is 920. The third-order valence-corrected chi connectivity index (χ3v) is 4.42. The summed E-state index contributed by atoms with van der Waals surface area (Å²) in [5.41, 5.74) is 2.26. The van der Waals surface area contributed by atoms with Crippen molar-refractivity contribution in [3.05, 3.63) is 60.3 Å². The number of aromatic nitrogens is 2. The van der Waals surface area contributed by atoms with E-state index in [0.717, 1.165) is 16.9 Å². The Morgan fingerprint density at radius 3 is 2.48 bits per heavy atom. The van der Waals surface area contributed by atoms with Gasteiger partial charge in [-0.2, -0.15) is 0 Å². The van der Waals surface area contributed by atoms with Gasteiger partial charge >= 0.3 is 0 Å². The van der Waals surface area contributed by atoms with E-state index in [0.29, 0.717) is 31.7 Å². The first-order valence-electron chi connectivity index (χ1n) is 8.26. The molecule has 6 heteroatoms. The number of phenolic OH excluding ortho intramolecular Hbond substituents is 1. The van der Waals surface area contributed by atoms with E-state index in [9.17, 15) is 9.90 Å². The monoisotopic (exact) mass is 334 g/mol. The van der Waals surface area contributed by atoms with E-state index in [2.05, 4.69) is 14.9 Å². The lowest BCUT2D eigenvalue weighted by Gasteiger charge is -2.35. The average molecular weight is 334 g/mol. The minimum Gasteiger partial charge on any atom is -0.508 e. The van der Waals surface area contributed by atoms with E-state index in [4.69, 9.17) is 0 Å². The van der Waals surface area contributed by atoms with Crippen molar-refractivity contribution in [2.75, 3.05) is 31.1 Å². The molecule has 0 atom stereocenters. The highest BCUT2D eigenvalue weighted by Gasteiger charge is 2.23. The summed E-state index contributed by atoms with van der Waals surface area (Å²) in [6.07, 6.45) is 1.79. The number of phenols is 1. The van der Waals surface area contributed by atoms with Crippen LogP contribution >= 0.6 is 0 Å². The fourth-order valence-electron chi connectivity index (χ4n) is 3.06. The number of amides is 1. The number of benzene rings is 2. The molecule has 1 amide bonds. The zero-order valence-corrected chi connectivity index (χ0v) is 13.7. The van der Waals surface area contributed by atoms with Crippen molar-refractivity contribution >= 4 is 22.8 Å². The SMILES string of the molecule is O=C(c1cccc(O)c1)N1CCN(c2cnc3ccccc3n2)CC1. The molecule has 1 saturated heterocycles. The van der Waals surface area contributed by atoms with Crippen LogP contribution in [0.2, 0.25) is 0 Å². The maximum absolute atomic E-state index is 12.5. The van der Waals surface area contributed by atoms with Crippen molar-refractivity contribution in [1.29, 1.82) is 0 Å². The second-order valence-electron chi connectivity index (χ2n) is 6.05. The van der Waals surface area contributed by atoms with Crippen LogP contribution in [0.1, 0.15) is 10.4 Å². The molecule has 1 aromatic heterocycles. The number of aromatic hydroxyl groups is 1. The molecule has 0 bridgehead atoms. The normalized spacial score (nSPS) is 14.7. The Kier molecular flexibility index (Phi) is 3.93. The van der Waals surface area contributed by atoms with E-state index in [-0.39, 0.29) is 11.7 Å². The minimum absolute atomic E-state index is 0.0554. The molecule has 2 heterocycles. The number of nitrogens with zero attached hydrogens (tertiary/aromatic N) is 4. The van der Waals surface area contributed by atoms with Gasteiger partial charge in [0.2, 0.25) is 0 Å². The molecule has 1 fully saturated rings. The molecule has 0 spiro atoms. The Morgan fingerprint density at radius 2 is 1.72 bits per heavy atom. The molecule has 2 aromatic carbocycles. The van der Waals surface area contributed by atoms with E-state index in [1.807, 2.05) is 24.3 Å². The Labute approximate surface area is 145 Å². The lowest BCUT2D eigenvalue weighted by atomic mass is 10.1. The van der Waals surface area contributed by atoms with Crippen molar-refractivity contribution in [1.82, 2.24) is 14.9 Å². The van der Waals surface area contributed by atoms with Gasteiger partial charge in [-0.3, -0.25) is 9.78 Å². The number of hydrogen-bond donors (Lipinski definition) is 1. The van der Waals surface area contributed by atoms with Crippen LogP contribution in [0.15, 0.2) is 54.7 Å². The largest absolute Gasteiger partial charge is 0.508 e. The molecule has 1 aliphatic rings. The molecule has 6 nitrogen and oxygen atoms in total. The standard InChI is InChI=1S/C19H18N4O2/c24-15-5-3-4-14(12-15)19(25)23-10-8-22(9-11-23)18-13-20-16-6-1-2-7-17(16)21-18/h1-7,12-13,24H,8-11H2. The molecule has 0 aliphatic carbocycles. The summed E-state index contributed by atoms with van der Waals surface area (Å²) in [4.78, 5) is 25.6. The van der Waals surface area contributed by atoms with Crippen LogP contribution in [0.25, 0.3) is 11.0 Å². The first kappa shape index (κ1) is 15.4. The van der Waals surface area contributed by atoms with Crippen molar-refractivity contribution in [3.63, 3.8) is 0 Å². The third-order valence-electron chi connectivity index (χ3n) is 4.42. The highest BCUT2D eigenvalue weighted by molar-refractivity contribution is 5.94. The Balaban J connectivity index is 1.46. The van der Waals surface area contributed by atoms with Crippen molar-refractivity contribution in [2.45, 2.75) is 0 Å². The average Bonchev–Trinajstić information content (AvgIpc) is 2.67. The molecule has 3 aromatic rings. The van der Waals surface area contributed by atoms with E-state index >= 15 is 0 Å². The fourth-order valence-corrected chi connectivity index (χ4v) is 3.06. The lowest BCUT2D eigenvalue weighted by molar-refractivity contribution is 0.0746. The zero-order chi connectivity index (χ0) is 17.2. The third kappa shape index (κ3) is 3.10. The van der Waals surface area contributed by atoms with Crippen LogP contribution in [-0.2, 0) is 0 Å². The molecule has 25 heavy (non-hydrogen) atoms. The van der Waals surface area contributed by atoms with Crippen LogP contribution < -0.4 is 4.90 Å². The summed E-state index contributed by atoms with van der Waals surface area (Å²) >= 11 is 0. The van der Waals surface area contributed by atoms with Gasteiger partial charge in [-0.25, -0.2) is 4.98 Å². The summed E-state index contributed by atoms with van der Waals surface area (Å²) < 4.78 is 0. The second kappa shape index (κ2) is 6.39. The topological polar surface area (TPSA) is 69.6 Å². The fraction of sp³-hybridized carbons (Fsp3) is 0.211. The molecule has 126 valence electrons. The quantitative estimate of drug-likeness (QED) is 0.779. The molecule has 0 radical (unpaired) electrons.